The molecule has 0 fully saturated rings. The van der Waals surface area contributed by atoms with Crippen LogP contribution in [0.5, 0.6) is 0 Å². The maximum atomic E-state index is 13.4. The second-order valence-corrected chi connectivity index (χ2v) is 6.22. The van der Waals surface area contributed by atoms with E-state index in [4.69, 9.17) is 4.74 Å². The fraction of sp³-hybridized carbons (Fsp3) is 0.190. The van der Waals surface area contributed by atoms with Gasteiger partial charge in [-0.2, -0.15) is 0 Å². The van der Waals surface area contributed by atoms with Gasteiger partial charge in [0.05, 0.1) is 11.7 Å². The van der Waals surface area contributed by atoms with Crippen LogP contribution in [0.15, 0.2) is 54.9 Å². The molecule has 0 aliphatic rings. The Labute approximate surface area is 161 Å². The molecule has 0 saturated carbocycles. The van der Waals surface area contributed by atoms with Crippen molar-refractivity contribution in [2.45, 2.75) is 19.5 Å². The SMILES string of the molecule is Cc1ncnc(-c2ccc(F)cc2)c1C(COC=O)NCc1cccc(F)c1. The highest BCUT2D eigenvalue weighted by molar-refractivity contribution is 5.64. The van der Waals surface area contributed by atoms with Crippen LogP contribution in [0.3, 0.4) is 0 Å². The Bertz CT molecular complexity index is 949. The summed E-state index contributed by atoms with van der Waals surface area (Å²) in [6, 6.07) is 11.8. The first kappa shape index (κ1) is 19.6. The highest BCUT2D eigenvalue weighted by atomic mass is 19.1. The normalized spacial score (nSPS) is 11.8. The number of aromatic nitrogens is 2. The quantitative estimate of drug-likeness (QED) is 0.601. The van der Waals surface area contributed by atoms with Gasteiger partial charge >= 0.3 is 0 Å². The predicted octanol–water partition coefficient (Wildman–Crippen LogP) is 3.73. The topological polar surface area (TPSA) is 64.1 Å². The number of nitrogens with zero attached hydrogens (tertiary/aromatic N) is 2. The van der Waals surface area contributed by atoms with Gasteiger partial charge in [0.2, 0.25) is 0 Å². The van der Waals surface area contributed by atoms with Gasteiger partial charge in [0.25, 0.3) is 6.47 Å². The lowest BCUT2D eigenvalue weighted by atomic mass is 9.98. The number of hydrogen-bond acceptors (Lipinski definition) is 5. The molecule has 1 atom stereocenters. The molecule has 0 aliphatic heterocycles. The third-order valence-corrected chi connectivity index (χ3v) is 4.32. The van der Waals surface area contributed by atoms with Gasteiger partial charge in [-0.3, -0.25) is 4.79 Å². The molecule has 1 unspecified atom stereocenters. The van der Waals surface area contributed by atoms with Crippen LogP contribution in [0.4, 0.5) is 8.78 Å². The number of halogens is 2. The monoisotopic (exact) mass is 383 g/mol. The van der Waals surface area contributed by atoms with Gasteiger partial charge in [0.1, 0.15) is 24.6 Å². The number of carbonyl (C=O) groups excluding carboxylic acids is 1. The number of carbonyl (C=O) groups is 1. The van der Waals surface area contributed by atoms with E-state index in [-0.39, 0.29) is 18.2 Å². The maximum absolute atomic E-state index is 13.4. The summed E-state index contributed by atoms with van der Waals surface area (Å²) in [6.45, 7) is 2.58. The lowest BCUT2D eigenvalue weighted by Gasteiger charge is -2.22. The molecule has 0 bridgehead atoms. The van der Waals surface area contributed by atoms with Crippen LogP contribution in [-0.4, -0.2) is 23.0 Å². The summed E-state index contributed by atoms with van der Waals surface area (Å²) in [6.07, 6.45) is 1.43. The van der Waals surface area contributed by atoms with Gasteiger partial charge in [-0.05, 0) is 48.9 Å². The molecule has 0 spiro atoms. The van der Waals surface area contributed by atoms with Gasteiger partial charge < -0.3 is 10.1 Å². The molecular weight excluding hydrogens is 364 g/mol. The summed E-state index contributed by atoms with van der Waals surface area (Å²) < 4.78 is 31.8. The first-order chi connectivity index (χ1) is 13.6. The minimum atomic E-state index is -0.435. The van der Waals surface area contributed by atoms with Crippen molar-refractivity contribution in [3.05, 3.63) is 83.3 Å². The molecule has 28 heavy (non-hydrogen) atoms. The highest BCUT2D eigenvalue weighted by Crippen LogP contribution is 2.29. The van der Waals surface area contributed by atoms with Crippen LogP contribution >= 0.6 is 0 Å². The smallest absolute Gasteiger partial charge is 0.293 e. The lowest BCUT2D eigenvalue weighted by molar-refractivity contribution is -0.129. The molecule has 0 saturated heterocycles. The van der Waals surface area contributed by atoms with E-state index in [1.54, 1.807) is 24.3 Å². The Morgan fingerprint density at radius 2 is 1.89 bits per heavy atom. The third kappa shape index (κ3) is 4.75. The molecule has 1 aromatic heterocycles. The molecule has 3 rings (SSSR count). The van der Waals surface area contributed by atoms with Crippen molar-refractivity contribution >= 4 is 6.47 Å². The number of rotatable bonds is 8. The first-order valence-electron chi connectivity index (χ1n) is 8.69. The average Bonchev–Trinajstić information content (AvgIpc) is 2.69. The molecule has 2 aromatic carbocycles. The molecule has 0 radical (unpaired) electrons. The van der Waals surface area contributed by atoms with Crippen LogP contribution in [0.1, 0.15) is 22.9 Å². The molecule has 1 N–H and O–H groups in total. The van der Waals surface area contributed by atoms with Gasteiger partial charge in [-0.1, -0.05) is 12.1 Å². The number of aryl methyl sites for hydroxylation is 1. The Kier molecular flexibility index (Phi) is 6.39. The standard InChI is InChI=1S/C21H19F2N3O2/c1-14-20(21(26-12-25-14)16-5-7-17(22)8-6-16)19(11-28-13-27)24-10-15-3-2-4-18(23)9-15/h2-9,12-13,19,24H,10-11H2,1H3. The molecule has 0 amide bonds. The minimum Gasteiger partial charge on any atom is -0.466 e. The molecule has 7 heteroatoms. The summed E-state index contributed by atoms with van der Waals surface area (Å²) in [5.74, 6) is -0.674. The van der Waals surface area contributed by atoms with E-state index >= 15 is 0 Å². The van der Waals surface area contributed by atoms with Crippen LogP contribution in [-0.2, 0) is 16.1 Å². The van der Waals surface area contributed by atoms with Crippen molar-refractivity contribution in [1.29, 1.82) is 0 Å². The van der Waals surface area contributed by atoms with Crippen molar-refractivity contribution in [2.24, 2.45) is 0 Å². The van der Waals surface area contributed by atoms with Crippen molar-refractivity contribution in [1.82, 2.24) is 15.3 Å². The van der Waals surface area contributed by atoms with E-state index in [0.717, 1.165) is 11.1 Å². The molecule has 144 valence electrons. The number of hydrogen-bond donors (Lipinski definition) is 1. The number of benzene rings is 2. The van der Waals surface area contributed by atoms with Crippen LogP contribution in [0.25, 0.3) is 11.3 Å². The van der Waals surface area contributed by atoms with E-state index in [1.165, 1.54) is 30.6 Å². The molecule has 0 aliphatic carbocycles. The van der Waals surface area contributed by atoms with Crippen molar-refractivity contribution in [2.75, 3.05) is 6.61 Å². The van der Waals surface area contributed by atoms with Gasteiger partial charge in [0, 0.05) is 23.4 Å². The van der Waals surface area contributed by atoms with E-state index in [9.17, 15) is 13.6 Å². The molecule has 1 heterocycles. The Morgan fingerprint density at radius 1 is 1.11 bits per heavy atom. The summed E-state index contributed by atoms with van der Waals surface area (Å²) in [4.78, 5) is 19.4. The van der Waals surface area contributed by atoms with Crippen LogP contribution < -0.4 is 5.32 Å². The van der Waals surface area contributed by atoms with Crippen molar-refractivity contribution in [3.63, 3.8) is 0 Å². The Balaban J connectivity index is 1.95. The Morgan fingerprint density at radius 3 is 2.61 bits per heavy atom. The zero-order valence-corrected chi connectivity index (χ0v) is 15.2. The van der Waals surface area contributed by atoms with Crippen LogP contribution in [0.2, 0.25) is 0 Å². The van der Waals surface area contributed by atoms with Crippen molar-refractivity contribution in [3.8, 4) is 11.3 Å². The van der Waals surface area contributed by atoms with Gasteiger partial charge in [0.15, 0.2) is 0 Å². The predicted molar refractivity (Wildman–Crippen MR) is 100 cm³/mol. The van der Waals surface area contributed by atoms with E-state index in [1.807, 2.05) is 6.92 Å². The van der Waals surface area contributed by atoms with Crippen molar-refractivity contribution < 1.29 is 18.3 Å². The summed E-state index contributed by atoms with van der Waals surface area (Å²) in [5, 5.41) is 3.27. The molecular formula is C21H19F2N3O2. The lowest BCUT2D eigenvalue weighted by Crippen LogP contribution is -2.27. The summed E-state index contributed by atoms with van der Waals surface area (Å²) in [5.41, 5.74) is 3.49. The molecule has 5 nitrogen and oxygen atoms in total. The fourth-order valence-corrected chi connectivity index (χ4v) is 3.01. The zero-order valence-electron chi connectivity index (χ0n) is 15.2. The average molecular weight is 383 g/mol. The van der Waals surface area contributed by atoms with E-state index < -0.39 is 6.04 Å². The summed E-state index contributed by atoms with van der Waals surface area (Å²) in [7, 11) is 0. The number of ether oxygens (including phenoxy) is 1. The van der Waals surface area contributed by atoms with Gasteiger partial charge in [-0.25, -0.2) is 18.7 Å². The minimum absolute atomic E-state index is 0.0429. The fourth-order valence-electron chi connectivity index (χ4n) is 3.01. The first-order valence-corrected chi connectivity index (χ1v) is 8.69. The Hall–Kier alpha value is -3.19. The second-order valence-electron chi connectivity index (χ2n) is 6.22. The van der Waals surface area contributed by atoms with E-state index in [2.05, 4.69) is 15.3 Å². The highest BCUT2D eigenvalue weighted by Gasteiger charge is 2.21. The number of nitrogens with one attached hydrogen (secondary N) is 1. The largest absolute Gasteiger partial charge is 0.466 e. The molecule has 3 aromatic rings. The van der Waals surface area contributed by atoms with E-state index in [0.29, 0.717) is 30.0 Å². The second kappa shape index (κ2) is 9.14. The summed E-state index contributed by atoms with van der Waals surface area (Å²) >= 11 is 0. The zero-order chi connectivity index (χ0) is 19.9. The maximum Gasteiger partial charge on any atom is 0.293 e. The van der Waals surface area contributed by atoms with Crippen LogP contribution in [0, 0.1) is 18.6 Å². The van der Waals surface area contributed by atoms with Gasteiger partial charge in [-0.15, -0.1) is 0 Å². The third-order valence-electron chi connectivity index (χ3n) is 4.32.